The summed E-state index contributed by atoms with van der Waals surface area (Å²) in [5.74, 6) is 0.868. The largest absolute Gasteiger partial charge is 0.274 e. The lowest BCUT2D eigenvalue weighted by Gasteiger charge is -2.08. The lowest BCUT2D eigenvalue weighted by Crippen LogP contribution is -1.99. The molecule has 0 unspecified atom stereocenters. The molecule has 3 rings (SSSR count). The standard InChI is InChI=1S/C15H14N4S/c1-11-6-8-13(9-7-11)19-12(2)17-18-15(19)20-14-5-3-4-10-16-14/h3-10H,1-2H3. The summed E-state index contributed by atoms with van der Waals surface area (Å²) in [5.41, 5.74) is 2.30. The summed E-state index contributed by atoms with van der Waals surface area (Å²) < 4.78 is 2.04. The van der Waals surface area contributed by atoms with Crippen LogP contribution in [0.3, 0.4) is 0 Å². The van der Waals surface area contributed by atoms with Gasteiger partial charge in [-0.3, -0.25) is 4.57 Å². The van der Waals surface area contributed by atoms with E-state index in [2.05, 4.69) is 46.4 Å². The van der Waals surface area contributed by atoms with Gasteiger partial charge in [-0.2, -0.15) is 0 Å². The molecule has 0 N–H and O–H groups in total. The first-order chi connectivity index (χ1) is 9.74. The van der Waals surface area contributed by atoms with Gasteiger partial charge >= 0.3 is 0 Å². The summed E-state index contributed by atoms with van der Waals surface area (Å²) in [6, 6.07) is 14.2. The van der Waals surface area contributed by atoms with Crippen molar-refractivity contribution in [2.45, 2.75) is 24.0 Å². The number of nitrogens with zero attached hydrogens (tertiary/aromatic N) is 4. The van der Waals surface area contributed by atoms with Crippen molar-refractivity contribution in [2.75, 3.05) is 0 Å². The first kappa shape index (κ1) is 12.9. The van der Waals surface area contributed by atoms with Crippen molar-refractivity contribution in [3.05, 3.63) is 60.0 Å². The Morgan fingerprint density at radius 2 is 1.75 bits per heavy atom. The maximum absolute atomic E-state index is 4.31. The predicted octanol–water partition coefficient (Wildman–Crippen LogP) is 3.43. The van der Waals surface area contributed by atoms with Gasteiger partial charge < -0.3 is 0 Å². The van der Waals surface area contributed by atoms with Gasteiger partial charge in [0.1, 0.15) is 10.9 Å². The fourth-order valence-electron chi connectivity index (χ4n) is 1.90. The second-order valence-electron chi connectivity index (χ2n) is 4.47. The molecule has 0 atom stereocenters. The Labute approximate surface area is 121 Å². The Morgan fingerprint density at radius 1 is 0.950 bits per heavy atom. The third kappa shape index (κ3) is 2.58. The smallest absolute Gasteiger partial charge is 0.202 e. The van der Waals surface area contributed by atoms with E-state index in [4.69, 9.17) is 0 Å². The Kier molecular flexibility index (Phi) is 3.52. The second-order valence-corrected chi connectivity index (χ2v) is 5.46. The predicted molar refractivity (Wildman–Crippen MR) is 79.2 cm³/mol. The fraction of sp³-hybridized carbons (Fsp3) is 0.133. The van der Waals surface area contributed by atoms with E-state index >= 15 is 0 Å². The number of benzene rings is 1. The Morgan fingerprint density at radius 3 is 2.45 bits per heavy atom. The van der Waals surface area contributed by atoms with Crippen LogP contribution in [0.1, 0.15) is 11.4 Å². The van der Waals surface area contributed by atoms with Gasteiger partial charge in [0.15, 0.2) is 0 Å². The van der Waals surface area contributed by atoms with Crippen molar-refractivity contribution < 1.29 is 0 Å². The molecule has 0 radical (unpaired) electrons. The molecule has 0 fully saturated rings. The lowest BCUT2D eigenvalue weighted by atomic mass is 10.2. The number of aryl methyl sites for hydroxylation is 2. The maximum Gasteiger partial charge on any atom is 0.202 e. The molecular weight excluding hydrogens is 268 g/mol. The fourth-order valence-corrected chi connectivity index (χ4v) is 2.76. The molecule has 0 amide bonds. The van der Waals surface area contributed by atoms with Crippen LogP contribution in [-0.2, 0) is 0 Å². The number of hydrogen-bond acceptors (Lipinski definition) is 4. The topological polar surface area (TPSA) is 43.6 Å². The molecule has 4 nitrogen and oxygen atoms in total. The number of aromatic nitrogens is 4. The minimum Gasteiger partial charge on any atom is -0.274 e. The van der Waals surface area contributed by atoms with Gasteiger partial charge in [0.2, 0.25) is 5.16 Å². The van der Waals surface area contributed by atoms with E-state index in [1.807, 2.05) is 29.7 Å². The molecule has 2 heterocycles. The van der Waals surface area contributed by atoms with Crippen LogP contribution >= 0.6 is 11.8 Å². The monoisotopic (exact) mass is 282 g/mol. The van der Waals surface area contributed by atoms with E-state index in [-0.39, 0.29) is 0 Å². The van der Waals surface area contributed by atoms with Gasteiger partial charge in [-0.1, -0.05) is 23.8 Å². The molecule has 0 spiro atoms. The third-order valence-electron chi connectivity index (χ3n) is 2.92. The molecule has 0 saturated carbocycles. The summed E-state index contributed by atoms with van der Waals surface area (Å²) in [7, 11) is 0. The molecule has 0 bridgehead atoms. The average molecular weight is 282 g/mol. The van der Waals surface area contributed by atoms with Crippen LogP contribution in [0.2, 0.25) is 0 Å². The number of pyridine rings is 1. The first-order valence-electron chi connectivity index (χ1n) is 6.32. The van der Waals surface area contributed by atoms with Crippen LogP contribution in [-0.4, -0.2) is 19.7 Å². The Hall–Kier alpha value is -2.14. The molecule has 0 saturated heterocycles. The zero-order valence-electron chi connectivity index (χ0n) is 11.3. The van der Waals surface area contributed by atoms with Gasteiger partial charge in [-0.25, -0.2) is 4.98 Å². The minimum atomic E-state index is 0.824. The highest BCUT2D eigenvalue weighted by atomic mass is 32.2. The Bertz CT molecular complexity index is 704. The van der Waals surface area contributed by atoms with Crippen molar-refractivity contribution in [2.24, 2.45) is 0 Å². The molecule has 100 valence electrons. The SMILES string of the molecule is Cc1ccc(-n2c(C)nnc2Sc2ccccn2)cc1. The molecule has 3 aromatic rings. The Balaban J connectivity index is 1.99. The minimum absolute atomic E-state index is 0.824. The van der Waals surface area contributed by atoms with Gasteiger partial charge in [0.05, 0.1) is 0 Å². The molecule has 2 aromatic heterocycles. The summed E-state index contributed by atoms with van der Waals surface area (Å²) >= 11 is 1.51. The summed E-state index contributed by atoms with van der Waals surface area (Å²) in [4.78, 5) is 4.31. The number of rotatable bonds is 3. The van der Waals surface area contributed by atoms with Crippen LogP contribution < -0.4 is 0 Å². The molecule has 1 aromatic carbocycles. The van der Waals surface area contributed by atoms with Crippen molar-refractivity contribution >= 4 is 11.8 Å². The molecule has 5 heteroatoms. The van der Waals surface area contributed by atoms with Gasteiger partial charge in [0.25, 0.3) is 0 Å². The number of hydrogen-bond donors (Lipinski definition) is 0. The lowest BCUT2D eigenvalue weighted by molar-refractivity contribution is 0.865. The van der Waals surface area contributed by atoms with Gasteiger partial charge in [0, 0.05) is 11.9 Å². The van der Waals surface area contributed by atoms with Crippen LogP contribution in [0.5, 0.6) is 0 Å². The second kappa shape index (κ2) is 5.46. The van der Waals surface area contributed by atoms with E-state index in [1.165, 1.54) is 17.3 Å². The average Bonchev–Trinajstić information content (AvgIpc) is 2.82. The van der Waals surface area contributed by atoms with Crippen molar-refractivity contribution in [3.63, 3.8) is 0 Å². The van der Waals surface area contributed by atoms with Gasteiger partial charge in [-0.05, 0) is 49.9 Å². The summed E-state index contributed by atoms with van der Waals surface area (Å²) in [6.45, 7) is 4.03. The normalized spacial score (nSPS) is 10.7. The van der Waals surface area contributed by atoms with E-state index < -0.39 is 0 Å². The summed E-state index contributed by atoms with van der Waals surface area (Å²) in [6.07, 6.45) is 1.78. The van der Waals surface area contributed by atoms with Gasteiger partial charge in [-0.15, -0.1) is 10.2 Å². The van der Waals surface area contributed by atoms with Crippen molar-refractivity contribution in [1.82, 2.24) is 19.7 Å². The highest BCUT2D eigenvalue weighted by molar-refractivity contribution is 7.99. The molecular formula is C15H14N4S. The third-order valence-corrected chi connectivity index (χ3v) is 3.82. The van der Waals surface area contributed by atoms with Crippen molar-refractivity contribution in [1.29, 1.82) is 0 Å². The van der Waals surface area contributed by atoms with E-state index in [9.17, 15) is 0 Å². The zero-order valence-corrected chi connectivity index (χ0v) is 12.1. The zero-order chi connectivity index (χ0) is 13.9. The summed E-state index contributed by atoms with van der Waals surface area (Å²) in [5, 5.41) is 10.2. The maximum atomic E-state index is 4.31. The van der Waals surface area contributed by atoms with Crippen molar-refractivity contribution in [3.8, 4) is 5.69 Å². The first-order valence-corrected chi connectivity index (χ1v) is 7.13. The van der Waals surface area contributed by atoms with Crippen LogP contribution in [0.25, 0.3) is 5.69 Å². The van der Waals surface area contributed by atoms with Crippen LogP contribution in [0.4, 0.5) is 0 Å². The van der Waals surface area contributed by atoms with E-state index in [1.54, 1.807) is 6.20 Å². The van der Waals surface area contributed by atoms with Crippen LogP contribution in [0.15, 0.2) is 58.8 Å². The van der Waals surface area contributed by atoms with E-state index in [0.717, 1.165) is 21.7 Å². The molecule has 0 aliphatic rings. The highest BCUT2D eigenvalue weighted by Crippen LogP contribution is 2.27. The quantitative estimate of drug-likeness (QED) is 0.738. The van der Waals surface area contributed by atoms with Crippen LogP contribution in [0, 0.1) is 13.8 Å². The highest BCUT2D eigenvalue weighted by Gasteiger charge is 2.12. The van der Waals surface area contributed by atoms with E-state index in [0.29, 0.717) is 0 Å². The molecule has 20 heavy (non-hydrogen) atoms. The molecule has 0 aliphatic heterocycles. The molecule has 0 aliphatic carbocycles.